The number of nitrogens with zero attached hydrogens (tertiary/aromatic N) is 3. The molecule has 2 rings (SSSR count). The molecule has 0 fully saturated rings. The Morgan fingerprint density at radius 3 is 2.53 bits per heavy atom. The van der Waals surface area contributed by atoms with Crippen molar-refractivity contribution < 1.29 is 4.92 Å². The van der Waals surface area contributed by atoms with Crippen molar-refractivity contribution in [2.75, 3.05) is 0 Å². The van der Waals surface area contributed by atoms with E-state index in [-0.39, 0.29) is 5.69 Å². The summed E-state index contributed by atoms with van der Waals surface area (Å²) in [6, 6.07) is 8.07. The number of non-ortho nitro benzene ring substituents is 1. The summed E-state index contributed by atoms with van der Waals surface area (Å²) in [7, 11) is 1.93. The largest absolute Gasteiger partial charge is 0.357 e. The van der Waals surface area contributed by atoms with Crippen LogP contribution in [0.2, 0.25) is 0 Å². The van der Waals surface area contributed by atoms with Crippen LogP contribution in [0.25, 0.3) is 0 Å². The summed E-state index contributed by atoms with van der Waals surface area (Å²) in [4.78, 5) is 14.3. The van der Waals surface area contributed by atoms with Crippen LogP contribution < -0.4 is 0 Å². The van der Waals surface area contributed by atoms with E-state index in [0.29, 0.717) is 5.69 Å². The molecule has 0 amide bonds. The Balaban J connectivity index is 2.13. The van der Waals surface area contributed by atoms with Crippen LogP contribution in [0.15, 0.2) is 47.7 Å². The van der Waals surface area contributed by atoms with E-state index in [2.05, 4.69) is 4.99 Å². The van der Waals surface area contributed by atoms with Gasteiger partial charge in [0.15, 0.2) is 0 Å². The molecule has 0 saturated heterocycles. The van der Waals surface area contributed by atoms with E-state index in [1.165, 1.54) is 12.1 Å². The zero-order valence-corrected chi connectivity index (χ0v) is 9.28. The number of rotatable bonds is 3. The summed E-state index contributed by atoms with van der Waals surface area (Å²) in [6.45, 7) is 0. The maximum atomic E-state index is 10.5. The quantitative estimate of drug-likeness (QED) is 0.461. The van der Waals surface area contributed by atoms with Crippen LogP contribution in [0.1, 0.15) is 5.56 Å². The molecule has 1 heterocycles. The van der Waals surface area contributed by atoms with Gasteiger partial charge in [-0.2, -0.15) is 0 Å². The minimum atomic E-state index is -0.426. The fourth-order valence-electron chi connectivity index (χ4n) is 1.41. The molecule has 1 aromatic heterocycles. The number of aryl methyl sites for hydroxylation is 1. The van der Waals surface area contributed by atoms with Crippen LogP contribution in [0.3, 0.4) is 0 Å². The smallest absolute Gasteiger partial charge is 0.269 e. The number of nitro groups is 1. The zero-order valence-electron chi connectivity index (χ0n) is 9.28. The van der Waals surface area contributed by atoms with Crippen molar-refractivity contribution in [2.24, 2.45) is 12.0 Å². The Morgan fingerprint density at radius 1 is 1.29 bits per heavy atom. The first kappa shape index (κ1) is 11.1. The fourth-order valence-corrected chi connectivity index (χ4v) is 1.41. The Hall–Kier alpha value is -2.43. The SMILES string of the molecule is Cn1ccc(C=Nc2ccc([N+](=O)[O-])cc2)c1. The van der Waals surface area contributed by atoms with Crippen molar-refractivity contribution in [1.29, 1.82) is 0 Å². The maximum absolute atomic E-state index is 10.5. The first-order valence-electron chi connectivity index (χ1n) is 5.05. The highest BCUT2D eigenvalue weighted by atomic mass is 16.6. The van der Waals surface area contributed by atoms with Gasteiger partial charge in [-0.15, -0.1) is 0 Å². The van der Waals surface area contributed by atoms with Gasteiger partial charge in [0, 0.05) is 43.4 Å². The normalized spacial score (nSPS) is 10.9. The molecule has 0 unspecified atom stereocenters. The van der Waals surface area contributed by atoms with Crippen LogP contribution in [0.4, 0.5) is 11.4 Å². The maximum Gasteiger partial charge on any atom is 0.269 e. The number of hydrogen-bond donors (Lipinski definition) is 0. The lowest BCUT2D eigenvalue weighted by molar-refractivity contribution is -0.384. The third kappa shape index (κ3) is 2.78. The molecule has 5 nitrogen and oxygen atoms in total. The van der Waals surface area contributed by atoms with Crippen LogP contribution in [0.5, 0.6) is 0 Å². The van der Waals surface area contributed by atoms with E-state index in [0.717, 1.165) is 5.56 Å². The van der Waals surface area contributed by atoms with Gasteiger partial charge >= 0.3 is 0 Å². The van der Waals surface area contributed by atoms with E-state index in [1.54, 1.807) is 18.3 Å². The molecule has 0 aliphatic heterocycles. The Bertz CT molecular complexity index is 555. The average molecular weight is 229 g/mol. The zero-order chi connectivity index (χ0) is 12.3. The molecule has 2 aromatic rings. The second-order valence-corrected chi connectivity index (χ2v) is 3.64. The topological polar surface area (TPSA) is 60.4 Å². The molecule has 5 heteroatoms. The van der Waals surface area contributed by atoms with Crippen molar-refractivity contribution in [2.45, 2.75) is 0 Å². The summed E-state index contributed by atoms with van der Waals surface area (Å²) in [5.41, 5.74) is 1.76. The van der Waals surface area contributed by atoms with Gasteiger partial charge in [-0.25, -0.2) is 0 Å². The van der Waals surface area contributed by atoms with E-state index < -0.39 is 4.92 Å². The Labute approximate surface area is 98.2 Å². The van der Waals surface area contributed by atoms with Crippen molar-refractivity contribution in [1.82, 2.24) is 4.57 Å². The van der Waals surface area contributed by atoms with Crippen molar-refractivity contribution in [3.05, 3.63) is 58.4 Å². The third-order valence-corrected chi connectivity index (χ3v) is 2.28. The number of hydrogen-bond acceptors (Lipinski definition) is 3. The molecule has 0 atom stereocenters. The highest BCUT2D eigenvalue weighted by Crippen LogP contribution is 2.17. The van der Waals surface area contributed by atoms with Crippen molar-refractivity contribution in [3.8, 4) is 0 Å². The lowest BCUT2D eigenvalue weighted by Gasteiger charge is -1.93. The first-order valence-corrected chi connectivity index (χ1v) is 5.05. The average Bonchev–Trinajstić information content (AvgIpc) is 2.73. The van der Waals surface area contributed by atoms with Gasteiger partial charge in [0.05, 0.1) is 10.6 Å². The molecule has 1 aromatic carbocycles. The second kappa shape index (κ2) is 4.61. The Kier molecular flexibility index (Phi) is 3.00. The highest BCUT2D eigenvalue weighted by molar-refractivity contribution is 5.81. The van der Waals surface area contributed by atoms with Gasteiger partial charge in [-0.05, 0) is 18.2 Å². The summed E-state index contributed by atoms with van der Waals surface area (Å²) in [5, 5.41) is 10.5. The molecule has 0 aliphatic carbocycles. The molecule has 0 radical (unpaired) electrons. The van der Waals surface area contributed by atoms with Gasteiger partial charge in [0.2, 0.25) is 0 Å². The molecule has 0 bridgehead atoms. The number of benzene rings is 1. The summed E-state index contributed by atoms with van der Waals surface area (Å²) in [5.74, 6) is 0. The van der Waals surface area contributed by atoms with Gasteiger partial charge in [-0.3, -0.25) is 15.1 Å². The monoisotopic (exact) mass is 229 g/mol. The molecular weight excluding hydrogens is 218 g/mol. The summed E-state index contributed by atoms with van der Waals surface area (Å²) in [6.07, 6.45) is 5.59. The number of aliphatic imine (C=N–C) groups is 1. The molecule has 0 saturated carbocycles. The molecule has 0 spiro atoms. The van der Waals surface area contributed by atoms with Gasteiger partial charge in [0.1, 0.15) is 0 Å². The van der Waals surface area contributed by atoms with Gasteiger partial charge < -0.3 is 4.57 Å². The predicted octanol–water partition coefficient (Wildman–Crippen LogP) is 2.68. The summed E-state index contributed by atoms with van der Waals surface area (Å²) < 4.78 is 1.93. The first-order chi connectivity index (χ1) is 8.15. The van der Waals surface area contributed by atoms with Crippen LogP contribution in [-0.4, -0.2) is 15.7 Å². The molecular formula is C12H11N3O2. The lowest BCUT2D eigenvalue weighted by Crippen LogP contribution is -1.85. The summed E-state index contributed by atoms with van der Waals surface area (Å²) >= 11 is 0. The minimum Gasteiger partial charge on any atom is -0.357 e. The number of aromatic nitrogens is 1. The van der Waals surface area contributed by atoms with Crippen molar-refractivity contribution in [3.63, 3.8) is 0 Å². The van der Waals surface area contributed by atoms with Gasteiger partial charge in [0.25, 0.3) is 5.69 Å². The van der Waals surface area contributed by atoms with Gasteiger partial charge in [-0.1, -0.05) is 0 Å². The van der Waals surface area contributed by atoms with E-state index >= 15 is 0 Å². The molecule has 86 valence electrons. The fraction of sp³-hybridized carbons (Fsp3) is 0.0833. The van der Waals surface area contributed by atoms with E-state index in [9.17, 15) is 10.1 Å². The lowest BCUT2D eigenvalue weighted by atomic mass is 10.3. The van der Waals surface area contributed by atoms with E-state index in [1.807, 2.05) is 30.1 Å². The minimum absolute atomic E-state index is 0.0728. The highest BCUT2D eigenvalue weighted by Gasteiger charge is 2.02. The van der Waals surface area contributed by atoms with Crippen LogP contribution in [-0.2, 0) is 7.05 Å². The van der Waals surface area contributed by atoms with Crippen LogP contribution >= 0.6 is 0 Å². The standard InChI is InChI=1S/C12H11N3O2/c1-14-7-6-10(9-14)8-13-11-2-4-12(5-3-11)15(16)17/h2-9H,1H3. The van der Waals surface area contributed by atoms with E-state index in [4.69, 9.17) is 0 Å². The molecule has 0 aliphatic rings. The second-order valence-electron chi connectivity index (χ2n) is 3.64. The molecule has 0 N–H and O–H groups in total. The molecule has 17 heavy (non-hydrogen) atoms. The Morgan fingerprint density at radius 2 is 2.00 bits per heavy atom. The third-order valence-electron chi connectivity index (χ3n) is 2.28. The number of nitro benzene ring substituents is 1. The van der Waals surface area contributed by atoms with Crippen molar-refractivity contribution >= 4 is 17.6 Å². The predicted molar refractivity (Wildman–Crippen MR) is 65.8 cm³/mol. The van der Waals surface area contributed by atoms with Crippen LogP contribution in [0, 0.1) is 10.1 Å².